The Morgan fingerprint density at radius 1 is 1.25 bits per heavy atom. The van der Waals surface area contributed by atoms with Crippen LogP contribution >= 0.6 is 0 Å². The van der Waals surface area contributed by atoms with Gasteiger partial charge in [-0.1, -0.05) is 34.1 Å². The van der Waals surface area contributed by atoms with Crippen molar-refractivity contribution in [1.82, 2.24) is 4.98 Å². The minimum Gasteiger partial charge on any atom is -0.455 e. The van der Waals surface area contributed by atoms with Gasteiger partial charge in [-0.2, -0.15) is 0 Å². The summed E-state index contributed by atoms with van der Waals surface area (Å²) in [5.41, 5.74) is -1.74. The lowest BCUT2D eigenvalue weighted by molar-refractivity contribution is -0.155. The fourth-order valence-corrected chi connectivity index (χ4v) is 4.88. The molecule has 0 aliphatic carbocycles. The number of aromatic nitrogens is 1. The Labute approximate surface area is 210 Å². The summed E-state index contributed by atoms with van der Waals surface area (Å²) in [5.74, 6) is -2.89. The third-order valence-electron chi connectivity index (χ3n) is 7.70. The maximum absolute atomic E-state index is 15.3. The van der Waals surface area contributed by atoms with E-state index in [0.717, 1.165) is 12.5 Å². The summed E-state index contributed by atoms with van der Waals surface area (Å²) in [4.78, 5) is 29.8. The largest absolute Gasteiger partial charge is 0.455 e. The Kier molecular flexibility index (Phi) is 8.75. The minimum atomic E-state index is -1.40. The Hall–Kier alpha value is -2.14. The molecular formula is C26H38FNO8. The van der Waals surface area contributed by atoms with Crippen LogP contribution in [0, 0.1) is 17.3 Å². The Morgan fingerprint density at radius 2 is 1.94 bits per heavy atom. The molecule has 0 aromatic carbocycles. The predicted molar refractivity (Wildman–Crippen MR) is 127 cm³/mol. The van der Waals surface area contributed by atoms with Crippen molar-refractivity contribution >= 4 is 17.8 Å². The molecule has 3 rings (SSSR count). The molecule has 0 saturated carbocycles. The lowest BCUT2D eigenvalue weighted by Crippen LogP contribution is -2.45. The monoisotopic (exact) mass is 511 g/mol. The molecule has 0 radical (unpaired) electrons. The van der Waals surface area contributed by atoms with Crippen molar-refractivity contribution in [3.05, 3.63) is 23.7 Å². The number of halogens is 1. The smallest absolute Gasteiger partial charge is 0.309 e. The van der Waals surface area contributed by atoms with Crippen LogP contribution in [0.1, 0.15) is 78.3 Å². The number of aliphatic hydroxyl groups is 3. The van der Waals surface area contributed by atoms with Crippen molar-refractivity contribution in [3.63, 3.8) is 0 Å². The van der Waals surface area contributed by atoms with Crippen LogP contribution in [0.2, 0.25) is 0 Å². The molecule has 9 nitrogen and oxygen atoms in total. The van der Waals surface area contributed by atoms with Crippen LogP contribution in [-0.4, -0.2) is 62.1 Å². The number of hydrogen-bond acceptors (Lipinski definition) is 9. The van der Waals surface area contributed by atoms with Gasteiger partial charge in [0.25, 0.3) is 0 Å². The van der Waals surface area contributed by atoms with E-state index in [1.807, 2.05) is 13.8 Å². The van der Waals surface area contributed by atoms with E-state index in [2.05, 4.69) is 4.98 Å². The van der Waals surface area contributed by atoms with Crippen LogP contribution in [0.15, 0.2) is 16.5 Å². The number of rotatable bonds is 3. The van der Waals surface area contributed by atoms with Gasteiger partial charge in [0, 0.05) is 18.4 Å². The van der Waals surface area contributed by atoms with Gasteiger partial charge in [-0.15, -0.1) is 0 Å². The number of nitrogens with zero attached hydrogens (tertiary/aromatic N) is 1. The predicted octanol–water partition coefficient (Wildman–Crippen LogP) is 3.10. The SMILES string of the molecule is C[C@H]1CCC[C@@]2(C)O[C@H]2C[C@@H](/C(F)=C\c2coc(CO)n2)OC(=O)C[C@H](O)C(C)(C)C(=O)[C@H](C)[C@H]1O. The first-order valence-electron chi connectivity index (χ1n) is 12.5. The molecule has 202 valence electrons. The fraction of sp³-hybridized carbons (Fsp3) is 0.731. The van der Waals surface area contributed by atoms with E-state index in [9.17, 15) is 19.8 Å². The van der Waals surface area contributed by atoms with Crippen LogP contribution in [-0.2, 0) is 25.7 Å². The van der Waals surface area contributed by atoms with Crippen LogP contribution < -0.4 is 0 Å². The molecule has 0 unspecified atom stereocenters. The Morgan fingerprint density at radius 3 is 2.58 bits per heavy atom. The molecule has 3 N–H and O–H groups in total. The lowest BCUT2D eigenvalue weighted by Gasteiger charge is -2.34. The molecule has 0 amide bonds. The highest BCUT2D eigenvalue weighted by atomic mass is 19.1. The number of carbonyl (C=O) groups is 2. The number of ether oxygens (including phenoxy) is 2. The summed E-state index contributed by atoms with van der Waals surface area (Å²) in [6.07, 6.45) is -0.105. The van der Waals surface area contributed by atoms with Gasteiger partial charge < -0.3 is 29.2 Å². The second-order valence-electron chi connectivity index (χ2n) is 10.9. The van der Waals surface area contributed by atoms with Crippen molar-refractivity contribution in [1.29, 1.82) is 0 Å². The van der Waals surface area contributed by atoms with Crippen molar-refractivity contribution in [3.8, 4) is 0 Å². The van der Waals surface area contributed by atoms with E-state index in [-0.39, 0.29) is 35.8 Å². The molecule has 2 fully saturated rings. The van der Waals surface area contributed by atoms with E-state index < -0.39 is 60.1 Å². The molecule has 7 atom stereocenters. The van der Waals surface area contributed by atoms with Crippen molar-refractivity contribution in [2.45, 2.75) is 103 Å². The number of carbonyl (C=O) groups excluding carboxylic acids is 2. The molecule has 3 heterocycles. The molecular weight excluding hydrogens is 473 g/mol. The number of fused-ring (bicyclic) bond motifs is 1. The van der Waals surface area contributed by atoms with Gasteiger partial charge in [0.05, 0.1) is 35.7 Å². The number of epoxide rings is 1. The Balaban J connectivity index is 1.85. The highest BCUT2D eigenvalue weighted by Gasteiger charge is 2.53. The van der Waals surface area contributed by atoms with E-state index in [4.69, 9.17) is 19.0 Å². The third-order valence-corrected chi connectivity index (χ3v) is 7.70. The number of cyclic esters (lactones) is 1. The second-order valence-corrected chi connectivity index (χ2v) is 10.9. The molecule has 10 heteroatoms. The quantitative estimate of drug-likeness (QED) is 0.412. The summed E-state index contributed by atoms with van der Waals surface area (Å²) in [6, 6.07) is 0. The van der Waals surface area contributed by atoms with Crippen molar-refractivity contribution in [2.24, 2.45) is 17.3 Å². The van der Waals surface area contributed by atoms with E-state index in [1.54, 1.807) is 6.92 Å². The number of hydrogen-bond donors (Lipinski definition) is 3. The average molecular weight is 512 g/mol. The second kappa shape index (κ2) is 11.1. The maximum Gasteiger partial charge on any atom is 0.309 e. The fourth-order valence-electron chi connectivity index (χ4n) is 4.88. The van der Waals surface area contributed by atoms with E-state index >= 15 is 4.39 Å². The number of oxazole rings is 1. The van der Waals surface area contributed by atoms with Gasteiger partial charge in [-0.05, 0) is 25.7 Å². The number of ketones is 1. The van der Waals surface area contributed by atoms with Gasteiger partial charge in [0.15, 0.2) is 6.10 Å². The molecule has 36 heavy (non-hydrogen) atoms. The van der Waals surface area contributed by atoms with E-state index in [0.29, 0.717) is 12.8 Å². The number of Topliss-reactive ketones (excluding diaryl/α,β-unsaturated/α-hetero) is 1. The normalized spacial score (nSPS) is 36.8. The molecule has 2 saturated heterocycles. The summed E-state index contributed by atoms with van der Waals surface area (Å²) in [6.45, 7) is 8.02. The van der Waals surface area contributed by atoms with Gasteiger partial charge in [0.1, 0.15) is 30.2 Å². The maximum atomic E-state index is 15.3. The number of esters is 1. The van der Waals surface area contributed by atoms with Gasteiger partial charge in [0.2, 0.25) is 5.89 Å². The molecule has 0 bridgehead atoms. The first-order chi connectivity index (χ1) is 16.8. The van der Waals surface area contributed by atoms with Crippen LogP contribution in [0.5, 0.6) is 0 Å². The zero-order chi connectivity index (χ0) is 26.8. The highest BCUT2D eigenvalue weighted by molar-refractivity contribution is 5.88. The summed E-state index contributed by atoms with van der Waals surface area (Å²) in [5, 5.41) is 30.6. The summed E-state index contributed by atoms with van der Waals surface area (Å²) in [7, 11) is 0. The van der Waals surface area contributed by atoms with Crippen LogP contribution in [0.4, 0.5) is 4.39 Å². The van der Waals surface area contributed by atoms with Gasteiger partial charge >= 0.3 is 5.97 Å². The summed E-state index contributed by atoms with van der Waals surface area (Å²) < 4.78 is 31.6. The molecule has 1 aromatic rings. The zero-order valence-electron chi connectivity index (χ0n) is 21.6. The molecule has 2 aliphatic heterocycles. The summed E-state index contributed by atoms with van der Waals surface area (Å²) >= 11 is 0. The van der Waals surface area contributed by atoms with Crippen LogP contribution in [0.25, 0.3) is 6.08 Å². The standard InChI is InChI=1S/C26H38FNO8/c1-14-7-6-8-26(5)20(36-26)10-18(17(27)9-16-13-34-21(12-29)28-16)35-22(31)11-19(30)25(3,4)24(33)15(2)23(14)32/h9,13-15,18-20,23,29-30,32H,6-8,10-12H2,1-5H3/b17-9+/t14-,15+,18-,19-,20-,23-,26+/m0/s1. The Bertz CT molecular complexity index is 975. The van der Waals surface area contributed by atoms with Gasteiger partial charge in [-0.25, -0.2) is 9.37 Å². The van der Waals surface area contributed by atoms with Crippen molar-refractivity contribution < 1.29 is 43.2 Å². The zero-order valence-corrected chi connectivity index (χ0v) is 21.6. The van der Waals surface area contributed by atoms with Gasteiger partial charge in [-0.3, -0.25) is 9.59 Å². The highest BCUT2D eigenvalue weighted by Crippen LogP contribution is 2.45. The average Bonchev–Trinajstić information content (AvgIpc) is 3.23. The molecule has 0 spiro atoms. The minimum absolute atomic E-state index is 0.0192. The van der Waals surface area contributed by atoms with E-state index in [1.165, 1.54) is 20.1 Å². The first kappa shape index (κ1) is 28.4. The molecule has 2 aliphatic rings. The van der Waals surface area contributed by atoms with Crippen molar-refractivity contribution in [2.75, 3.05) is 0 Å². The first-order valence-corrected chi connectivity index (χ1v) is 12.5. The lowest BCUT2D eigenvalue weighted by atomic mass is 9.73. The number of aliphatic hydroxyl groups excluding tert-OH is 3. The topological polar surface area (TPSA) is 143 Å². The van der Waals surface area contributed by atoms with Crippen LogP contribution in [0.3, 0.4) is 0 Å². The third kappa shape index (κ3) is 6.40. The molecule has 1 aromatic heterocycles.